The molecule has 7 nitrogen and oxygen atoms in total. The highest BCUT2D eigenvalue weighted by Gasteiger charge is 2.32. The van der Waals surface area contributed by atoms with Crippen molar-refractivity contribution >= 4 is 17.6 Å². The molecular weight excluding hydrogens is 282 g/mol. The molecule has 1 aliphatic heterocycles. The number of nitrogens with zero attached hydrogens (tertiary/aromatic N) is 4. The maximum absolute atomic E-state index is 12.4. The van der Waals surface area contributed by atoms with E-state index in [1.165, 1.54) is 19.3 Å². The molecule has 1 N–H and O–H groups in total. The van der Waals surface area contributed by atoms with Crippen molar-refractivity contribution in [3.05, 3.63) is 12.4 Å². The van der Waals surface area contributed by atoms with Crippen molar-refractivity contribution in [3.63, 3.8) is 0 Å². The Hall–Kier alpha value is -2.05. The van der Waals surface area contributed by atoms with E-state index < -0.39 is 0 Å². The third-order valence-electron chi connectivity index (χ3n) is 4.52. The largest absolute Gasteiger partial charge is 0.336 e. The van der Waals surface area contributed by atoms with E-state index >= 15 is 0 Å². The van der Waals surface area contributed by atoms with Crippen molar-refractivity contribution in [1.29, 1.82) is 0 Å². The summed E-state index contributed by atoms with van der Waals surface area (Å²) in [5, 5.41) is 6.79. The second-order valence-electron chi connectivity index (χ2n) is 6.13. The number of nitrogens with one attached hydrogen (secondary N) is 1. The Kier molecular flexibility index (Phi) is 4.31. The summed E-state index contributed by atoms with van der Waals surface area (Å²) in [5.74, 6) is 0.0690. The van der Waals surface area contributed by atoms with Crippen LogP contribution in [0.4, 0.5) is 10.5 Å². The Balaban J connectivity index is 1.55. The van der Waals surface area contributed by atoms with Gasteiger partial charge >= 0.3 is 6.03 Å². The molecule has 0 aromatic carbocycles. The minimum absolute atomic E-state index is 0.0690. The lowest BCUT2D eigenvalue weighted by Gasteiger charge is -2.40. The second kappa shape index (κ2) is 6.37. The molecule has 0 spiro atoms. The van der Waals surface area contributed by atoms with Crippen LogP contribution in [0.15, 0.2) is 12.4 Å². The monoisotopic (exact) mass is 305 g/mol. The number of urea groups is 1. The van der Waals surface area contributed by atoms with Crippen molar-refractivity contribution in [2.45, 2.75) is 38.1 Å². The van der Waals surface area contributed by atoms with Gasteiger partial charge in [-0.1, -0.05) is 19.3 Å². The van der Waals surface area contributed by atoms with Gasteiger partial charge in [0.2, 0.25) is 5.91 Å². The Labute approximate surface area is 130 Å². The fraction of sp³-hybridized carbons (Fsp3) is 0.667. The molecule has 0 unspecified atom stereocenters. The van der Waals surface area contributed by atoms with Crippen LogP contribution in [0.3, 0.4) is 0 Å². The maximum Gasteiger partial charge on any atom is 0.322 e. The molecule has 2 aliphatic rings. The zero-order valence-electron chi connectivity index (χ0n) is 13.0. The van der Waals surface area contributed by atoms with Crippen LogP contribution in [0.25, 0.3) is 0 Å². The summed E-state index contributed by atoms with van der Waals surface area (Å²) >= 11 is 0. The van der Waals surface area contributed by atoms with Crippen molar-refractivity contribution < 1.29 is 9.59 Å². The van der Waals surface area contributed by atoms with Crippen molar-refractivity contribution in [2.75, 3.05) is 25.0 Å². The van der Waals surface area contributed by atoms with Crippen molar-refractivity contribution in [3.8, 4) is 0 Å². The van der Waals surface area contributed by atoms with Gasteiger partial charge in [0.1, 0.15) is 6.54 Å². The maximum atomic E-state index is 12.4. The molecule has 1 saturated carbocycles. The third kappa shape index (κ3) is 3.23. The molecule has 2 fully saturated rings. The summed E-state index contributed by atoms with van der Waals surface area (Å²) in [5.41, 5.74) is 0.648. The molecule has 2 heterocycles. The zero-order chi connectivity index (χ0) is 15.5. The van der Waals surface area contributed by atoms with Crippen LogP contribution >= 0.6 is 0 Å². The molecule has 3 amide bonds. The van der Waals surface area contributed by atoms with Crippen LogP contribution < -0.4 is 5.32 Å². The van der Waals surface area contributed by atoms with Crippen molar-refractivity contribution in [2.24, 2.45) is 7.05 Å². The molecule has 1 saturated heterocycles. The quantitative estimate of drug-likeness (QED) is 0.898. The summed E-state index contributed by atoms with van der Waals surface area (Å²) < 4.78 is 1.63. The molecule has 1 aromatic rings. The van der Waals surface area contributed by atoms with Gasteiger partial charge in [0.15, 0.2) is 0 Å². The predicted octanol–water partition coefficient (Wildman–Crippen LogP) is 1.43. The number of hydrogen-bond donors (Lipinski definition) is 1. The molecule has 1 aromatic heterocycles. The number of carbonyl (C=O) groups excluding carboxylic acids is 2. The van der Waals surface area contributed by atoms with Gasteiger partial charge in [-0.25, -0.2) is 4.79 Å². The minimum Gasteiger partial charge on any atom is -0.336 e. The van der Waals surface area contributed by atoms with Gasteiger partial charge in [-0.15, -0.1) is 0 Å². The van der Waals surface area contributed by atoms with Crippen LogP contribution in [0.1, 0.15) is 32.1 Å². The van der Waals surface area contributed by atoms with E-state index in [1.54, 1.807) is 29.0 Å². The number of rotatable bonds is 2. The normalized spacial score (nSPS) is 20.3. The Bertz CT molecular complexity index is 550. The summed E-state index contributed by atoms with van der Waals surface area (Å²) in [4.78, 5) is 28.1. The number of hydrogen-bond acceptors (Lipinski definition) is 3. The van der Waals surface area contributed by atoms with Crippen LogP contribution in [0, 0.1) is 0 Å². The van der Waals surface area contributed by atoms with Gasteiger partial charge in [-0.2, -0.15) is 5.10 Å². The Morgan fingerprint density at radius 1 is 1.27 bits per heavy atom. The van der Waals surface area contributed by atoms with Crippen LogP contribution in [0.2, 0.25) is 0 Å². The highest BCUT2D eigenvalue weighted by Crippen LogP contribution is 2.24. The van der Waals surface area contributed by atoms with Crippen molar-refractivity contribution in [1.82, 2.24) is 19.6 Å². The van der Waals surface area contributed by atoms with E-state index in [9.17, 15) is 9.59 Å². The highest BCUT2D eigenvalue weighted by atomic mass is 16.2. The van der Waals surface area contributed by atoms with E-state index in [0.29, 0.717) is 24.8 Å². The molecule has 0 bridgehead atoms. The minimum atomic E-state index is -0.232. The highest BCUT2D eigenvalue weighted by molar-refractivity contribution is 5.92. The van der Waals surface area contributed by atoms with Gasteiger partial charge in [0.05, 0.1) is 11.9 Å². The molecule has 7 heteroatoms. The van der Waals surface area contributed by atoms with Gasteiger partial charge in [0, 0.05) is 32.4 Å². The number of amides is 3. The molecular formula is C15H23N5O2. The zero-order valence-corrected chi connectivity index (χ0v) is 13.0. The van der Waals surface area contributed by atoms with E-state index in [-0.39, 0.29) is 18.5 Å². The van der Waals surface area contributed by atoms with E-state index in [4.69, 9.17) is 0 Å². The van der Waals surface area contributed by atoms with Crippen LogP contribution in [0.5, 0.6) is 0 Å². The number of aromatic nitrogens is 2. The molecule has 120 valence electrons. The van der Waals surface area contributed by atoms with E-state index in [1.807, 2.05) is 4.90 Å². The first-order valence-corrected chi connectivity index (χ1v) is 7.97. The topological polar surface area (TPSA) is 70.5 Å². The number of anilines is 1. The van der Waals surface area contributed by atoms with Crippen LogP contribution in [-0.4, -0.2) is 57.2 Å². The number of piperazine rings is 1. The Morgan fingerprint density at radius 2 is 2.05 bits per heavy atom. The van der Waals surface area contributed by atoms with E-state index in [2.05, 4.69) is 10.4 Å². The fourth-order valence-electron chi connectivity index (χ4n) is 3.33. The molecule has 3 rings (SSSR count). The SMILES string of the molecule is Cn1cc(NC(=O)N2CCN(C3CCCCC3)C(=O)C2)cn1. The fourth-order valence-corrected chi connectivity index (χ4v) is 3.33. The first-order valence-electron chi connectivity index (χ1n) is 7.97. The molecule has 1 aliphatic carbocycles. The lowest BCUT2D eigenvalue weighted by atomic mass is 9.93. The second-order valence-corrected chi connectivity index (χ2v) is 6.13. The molecule has 0 radical (unpaired) electrons. The smallest absolute Gasteiger partial charge is 0.322 e. The summed E-state index contributed by atoms with van der Waals surface area (Å²) in [7, 11) is 1.79. The first-order chi connectivity index (χ1) is 10.6. The average molecular weight is 305 g/mol. The van der Waals surface area contributed by atoms with Gasteiger partial charge in [-0.05, 0) is 12.8 Å². The van der Waals surface area contributed by atoms with E-state index in [0.717, 1.165) is 12.8 Å². The number of carbonyl (C=O) groups is 2. The molecule has 22 heavy (non-hydrogen) atoms. The number of aryl methyl sites for hydroxylation is 1. The van der Waals surface area contributed by atoms with Gasteiger partial charge in [-0.3, -0.25) is 9.48 Å². The standard InChI is InChI=1S/C15H23N5O2/c1-18-10-12(9-16-18)17-15(22)19-7-8-20(14(21)11-19)13-5-3-2-4-6-13/h9-10,13H,2-8,11H2,1H3,(H,17,22). The summed E-state index contributed by atoms with van der Waals surface area (Å²) in [6.45, 7) is 1.40. The van der Waals surface area contributed by atoms with Gasteiger partial charge in [0.25, 0.3) is 0 Å². The summed E-state index contributed by atoms with van der Waals surface area (Å²) in [6.07, 6.45) is 9.23. The third-order valence-corrected chi connectivity index (χ3v) is 4.52. The molecule has 0 atom stereocenters. The van der Waals surface area contributed by atoms with Crippen LogP contribution in [-0.2, 0) is 11.8 Å². The Morgan fingerprint density at radius 3 is 2.68 bits per heavy atom. The van der Waals surface area contributed by atoms with Gasteiger partial charge < -0.3 is 15.1 Å². The predicted molar refractivity (Wildman–Crippen MR) is 82.4 cm³/mol. The average Bonchev–Trinajstić information content (AvgIpc) is 2.93. The lowest BCUT2D eigenvalue weighted by molar-refractivity contribution is -0.138. The first kappa shape index (κ1) is 14.9. The summed E-state index contributed by atoms with van der Waals surface area (Å²) in [6, 6.07) is 0.148. The lowest BCUT2D eigenvalue weighted by Crippen LogP contribution is -2.56.